The van der Waals surface area contributed by atoms with E-state index in [2.05, 4.69) is 10.3 Å². The SMILES string of the molecule is COc1ccc2ccnc(NCC(C)CO)c2c1. The van der Waals surface area contributed by atoms with Gasteiger partial charge in [-0.05, 0) is 29.5 Å². The Morgan fingerprint density at radius 1 is 1.39 bits per heavy atom. The monoisotopic (exact) mass is 246 g/mol. The first-order chi connectivity index (χ1) is 8.74. The highest BCUT2D eigenvalue weighted by atomic mass is 16.5. The molecule has 2 N–H and O–H groups in total. The molecule has 0 bridgehead atoms. The number of methoxy groups -OCH3 is 1. The maximum absolute atomic E-state index is 9.03. The maximum Gasteiger partial charge on any atom is 0.133 e. The maximum atomic E-state index is 9.03. The third-order valence-corrected chi connectivity index (χ3v) is 2.90. The molecule has 4 heteroatoms. The second kappa shape index (κ2) is 5.69. The predicted octanol–water partition coefficient (Wildman–Crippen LogP) is 2.28. The number of aliphatic hydroxyl groups is 1. The molecular formula is C14H18N2O2. The van der Waals surface area contributed by atoms with Gasteiger partial charge in [-0.25, -0.2) is 4.98 Å². The van der Waals surface area contributed by atoms with Gasteiger partial charge in [-0.15, -0.1) is 0 Å². The number of anilines is 1. The van der Waals surface area contributed by atoms with Gasteiger partial charge in [-0.1, -0.05) is 13.0 Å². The summed E-state index contributed by atoms with van der Waals surface area (Å²) < 4.78 is 5.23. The van der Waals surface area contributed by atoms with E-state index in [4.69, 9.17) is 9.84 Å². The Bertz CT molecular complexity index is 528. The minimum absolute atomic E-state index is 0.168. The first kappa shape index (κ1) is 12.6. The van der Waals surface area contributed by atoms with Crippen molar-refractivity contribution < 1.29 is 9.84 Å². The van der Waals surface area contributed by atoms with Crippen molar-refractivity contribution in [2.45, 2.75) is 6.92 Å². The fraction of sp³-hybridized carbons (Fsp3) is 0.357. The Hall–Kier alpha value is -1.81. The molecule has 0 spiro atoms. The van der Waals surface area contributed by atoms with Crippen LogP contribution < -0.4 is 10.1 Å². The molecule has 18 heavy (non-hydrogen) atoms. The van der Waals surface area contributed by atoms with Crippen LogP contribution in [0.1, 0.15) is 6.92 Å². The number of aliphatic hydroxyl groups excluding tert-OH is 1. The van der Waals surface area contributed by atoms with E-state index in [0.717, 1.165) is 22.3 Å². The third-order valence-electron chi connectivity index (χ3n) is 2.90. The van der Waals surface area contributed by atoms with Gasteiger partial charge in [0.05, 0.1) is 7.11 Å². The van der Waals surface area contributed by atoms with Crippen molar-refractivity contribution >= 4 is 16.6 Å². The molecule has 1 aromatic heterocycles. The lowest BCUT2D eigenvalue weighted by Gasteiger charge is -2.12. The van der Waals surface area contributed by atoms with Crippen LogP contribution in [0.5, 0.6) is 5.75 Å². The van der Waals surface area contributed by atoms with E-state index in [0.29, 0.717) is 6.54 Å². The van der Waals surface area contributed by atoms with E-state index in [1.54, 1.807) is 13.3 Å². The summed E-state index contributed by atoms with van der Waals surface area (Å²) in [6.07, 6.45) is 1.78. The molecule has 2 rings (SSSR count). The topological polar surface area (TPSA) is 54.4 Å². The quantitative estimate of drug-likeness (QED) is 0.850. The zero-order valence-corrected chi connectivity index (χ0v) is 10.7. The molecule has 0 aliphatic rings. The number of ether oxygens (including phenoxy) is 1. The van der Waals surface area contributed by atoms with E-state index >= 15 is 0 Å². The lowest BCUT2D eigenvalue weighted by molar-refractivity contribution is 0.244. The van der Waals surface area contributed by atoms with E-state index in [1.165, 1.54) is 0 Å². The number of benzene rings is 1. The normalized spacial score (nSPS) is 12.4. The number of nitrogens with zero attached hydrogens (tertiary/aromatic N) is 1. The molecule has 0 aliphatic heterocycles. The van der Waals surface area contributed by atoms with Crippen LogP contribution in [-0.2, 0) is 0 Å². The van der Waals surface area contributed by atoms with Crippen LogP contribution >= 0.6 is 0 Å². The number of fused-ring (bicyclic) bond motifs is 1. The molecule has 0 amide bonds. The standard InChI is InChI=1S/C14H18N2O2/c1-10(9-17)8-16-14-13-7-12(18-2)4-3-11(13)5-6-15-14/h3-7,10,17H,8-9H2,1-2H3,(H,15,16). The summed E-state index contributed by atoms with van der Waals surface area (Å²) in [6.45, 7) is 2.85. The molecule has 2 aromatic rings. The molecule has 0 fully saturated rings. The zero-order valence-electron chi connectivity index (χ0n) is 10.7. The van der Waals surface area contributed by atoms with E-state index < -0.39 is 0 Å². The highest BCUT2D eigenvalue weighted by molar-refractivity contribution is 5.92. The smallest absolute Gasteiger partial charge is 0.133 e. The molecule has 1 heterocycles. The number of aromatic nitrogens is 1. The summed E-state index contributed by atoms with van der Waals surface area (Å²) in [6, 6.07) is 7.88. The third kappa shape index (κ3) is 2.71. The second-order valence-corrected chi connectivity index (χ2v) is 4.42. The molecule has 1 aromatic carbocycles. The van der Waals surface area contributed by atoms with E-state index in [-0.39, 0.29) is 12.5 Å². The van der Waals surface area contributed by atoms with Crippen molar-refractivity contribution in [1.29, 1.82) is 0 Å². The predicted molar refractivity (Wildman–Crippen MR) is 73.0 cm³/mol. The molecule has 0 aliphatic carbocycles. The van der Waals surface area contributed by atoms with Crippen LogP contribution in [0.15, 0.2) is 30.5 Å². The van der Waals surface area contributed by atoms with Crippen LogP contribution in [0.25, 0.3) is 10.8 Å². The fourth-order valence-electron chi connectivity index (χ4n) is 1.75. The van der Waals surface area contributed by atoms with Crippen molar-refractivity contribution in [3.8, 4) is 5.75 Å². The van der Waals surface area contributed by atoms with Crippen LogP contribution in [0.4, 0.5) is 5.82 Å². The van der Waals surface area contributed by atoms with Crippen LogP contribution in [0, 0.1) is 5.92 Å². The first-order valence-corrected chi connectivity index (χ1v) is 6.02. The summed E-state index contributed by atoms with van der Waals surface area (Å²) in [5, 5.41) is 14.4. The fourth-order valence-corrected chi connectivity index (χ4v) is 1.75. The second-order valence-electron chi connectivity index (χ2n) is 4.42. The first-order valence-electron chi connectivity index (χ1n) is 6.02. The van der Waals surface area contributed by atoms with Gasteiger partial charge in [0.2, 0.25) is 0 Å². The molecule has 0 saturated carbocycles. The summed E-state index contributed by atoms with van der Waals surface area (Å²) in [5.41, 5.74) is 0. The van der Waals surface area contributed by atoms with Gasteiger partial charge in [0.1, 0.15) is 11.6 Å². The lowest BCUT2D eigenvalue weighted by atomic mass is 10.1. The van der Waals surface area contributed by atoms with E-state index in [9.17, 15) is 0 Å². The number of rotatable bonds is 5. The number of nitrogens with one attached hydrogen (secondary N) is 1. The molecular weight excluding hydrogens is 228 g/mol. The van der Waals surface area contributed by atoms with Crippen molar-refractivity contribution in [3.63, 3.8) is 0 Å². The van der Waals surface area contributed by atoms with Crippen LogP contribution in [-0.4, -0.2) is 30.4 Å². The Balaban J connectivity index is 2.31. The summed E-state index contributed by atoms with van der Waals surface area (Å²) in [4.78, 5) is 4.34. The van der Waals surface area contributed by atoms with E-state index in [1.807, 2.05) is 31.2 Å². The van der Waals surface area contributed by atoms with Gasteiger partial charge in [-0.2, -0.15) is 0 Å². The summed E-state index contributed by atoms with van der Waals surface area (Å²) >= 11 is 0. The van der Waals surface area contributed by atoms with Crippen molar-refractivity contribution in [2.24, 2.45) is 5.92 Å². The molecule has 96 valence electrons. The zero-order chi connectivity index (χ0) is 13.0. The Labute approximate surface area is 107 Å². The Morgan fingerprint density at radius 2 is 2.22 bits per heavy atom. The van der Waals surface area contributed by atoms with Crippen molar-refractivity contribution in [1.82, 2.24) is 4.98 Å². The van der Waals surface area contributed by atoms with Crippen molar-refractivity contribution in [2.75, 3.05) is 25.6 Å². The van der Waals surface area contributed by atoms with Crippen LogP contribution in [0.3, 0.4) is 0 Å². The highest BCUT2D eigenvalue weighted by Crippen LogP contribution is 2.25. The lowest BCUT2D eigenvalue weighted by Crippen LogP contribution is -2.15. The number of hydrogen-bond acceptors (Lipinski definition) is 4. The van der Waals surface area contributed by atoms with Gasteiger partial charge in [0.15, 0.2) is 0 Å². The average molecular weight is 246 g/mol. The summed E-state index contributed by atoms with van der Waals surface area (Å²) in [7, 11) is 1.65. The highest BCUT2D eigenvalue weighted by Gasteiger charge is 2.05. The molecule has 0 saturated heterocycles. The van der Waals surface area contributed by atoms with Gasteiger partial charge in [0, 0.05) is 24.7 Å². The van der Waals surface area contributed by atoms with Gasteiger partial charge in [-0.3, -0.25) is 0 Å². The number of pyridine rings is 1. The van der Waals surface area contributed by atoms with Gasteiger partial charge >= 0.3 is 0 Å². The molecule has 1 unspecified atom stereocenters. The average Bonchev–Trinajstić information content (AvgIpc) is 2.43. The van der Waals surface area contributed by atoms with Gasteiger partial charge < -0.3 is 15.2 Å². The summed E-state index contributed by atoms with van der Waals surface area (Å²) in [5.74, 6) is 1.84. The van der Waals surface area contributed by atoms with Crippen LogP contribution in [0.2, 0.25) is 0 Å². The minimum Gasteiger partial charge on any atom is -0.497 e. The molecule has 1 atom stereocenters. The molecule has 0 radical (unpaired) electrons. The minimum atomic E-state index is 0.168. The van der Waals surface area contributed by atoms with Crippen molar-refractivity contribution in [3.05, 3.63) is 30.5 Å². The Kier molecular flexibility index (Phi) is 3.99. The largest absolute Gasteiger partial charge is 0.497 e. The molecule has 4 nitrogen and oxygen atoms in total. The van der Waals surface area contributed by atoms with Gasteiger partial charge in [0.25, 0.3) is 0 Å². The number of hydrogen-bond donors (Lipinski definition) is 2. The Morgan fingerprint density at radius 3 is 2.94 bits per heavy atom.